The minimum absolute atomic E-state index is 0.573. The van der Waals surface area contributed by atoms with E-state index in [1.54, 1.807) is 6.08 Å². The zero-order chi connectivity index (χ0) is 10.5. The first kappa shape index (κ1) is 10.1. The number of hydrogen-bond donors (Lipinski definition) is 0. The quantitative estimate of drug-likeness (QED) is 0.698. The van der Waals surface area contributed by atoms with Crippen LogP contribution in [-0.2, 0) is 0 Å². The second-order valence-electron chi connectivity index (χ2n) is 3.79. The second kappa shape index (κ2) is 4.87. The van der Waals surface area contributed by atoms with E-state index in [2.05, 4.69) is 23.6 Å². The molecule has 2 heteroatoms. The molecule has 15 heavy (non-hydrogen) atoms. The van der Waals surface area contributed by atoms with Crippen LogP contribution in [-0.4, -0.2) is 19.7 Å². The van der Waals surface area contributed by atoms with Crippen molar-refractivity contribution in [2.75, 3.05) is 24.6 Å². The molecule has 80 valence electrons. The minimum Gasteiger partial charge on any atom is -0.489 e. The number of nitrogens with zero attached hydrogens (tertiary/aromatic N) is 1. The molecule has 0 aromatic heterocycles. The smallest absolute Gasteiger partial charge is 0.121 e. The molecule has 0 bridgehead atoms. The Kier molecular flexibility index (Phi) is 3.28. The monoisotopic (exact) mass is 203 g/mol. The molecular weight excluding hydrogens is 186 g/mol. The Morgan fingerprint density at radius 1 is 1.33 bits per heavy atom. The predicted octanol–water partition coefficient (Wildman–Crippen LogP) is 2.85. The molecule has 0 aliphatic carbocycles. The fourth-order valence-corrected chi connectivity index (χ4v) is 1.90. The van der Waals surface area contributed by atoms with Gasteiger partial charge in [0.2, 0.25) is 0 Å². The van der Waals surface area contributed by atoms with Gasteiger partial charge in [0.1, 0.15) is 12.4 Å². The molecule has 1 aromatic carbocycles. The summed E-state index contributed by atoms with van der Waals surface area (Å²) in [7, 11) is 0. The Morgan fingerprint density at radius 3 is 2.87 bits per heavy atom. The van der Waals surface area contributed by atoms with Gasteiger partial charge >= 0.3 is 0 Å². The number of ether oxygens (including phenoxy) is 1. The van der Waals surface area contributed by atoms with Gasteiger partial charge < -0.3 is 9.64 Å². The summed E-state index contributed by atoms with van der Waals surface area (Å²) < 4.78 is 5.51. The van der Waals surface area contributed by atoms with Crippen LogP contribution in [0.4, 0.5) is 5.69 Å². The predicted molar refractivity (Wildman–Crippen MR) is 63.6 cm³/mol. The van der Waals surface area contributed by atoms with E-state index in [1.807, 2.05) is 12.1 Å². The van der Waals surface area contributed by atoms with E-state index in [0.29, 0.717) is 6.61 Å². The maximum Gasteiger partial charge on any atom is 0.121 e. The first-order chi connectivity index (χ1) is 7.40. The summed E-state index contributed by atoms with van der Waals surface area (Å²) in [5.41, 5.74) is 1.27. The third-order valence-corrected chi connectivity index (χ3v) is 2.66. The average molecular weight is 203 g/mol. The molecule has 1 heterocycles. The van der Waals surface area contributed by atoms with Crippen molar-refractivity contribution in [2.45, 2.75) is 12.8 Å². The number of rotatable bonds is 4. The van der Waals surface area contributed by atoms with Crippen molar-refractivity contribution in [1.82, 2.24) is 0 Å². The lowest BCUT2D eigenvalue weighted by molar-refractivity contribution is 0.363. The van der Waals surface area contributed by atoms with Crippen LogP contribution >= 0.6 is 0 Å². The van der Waals surface area contributed by atoms with Crippen molar-refractivity contribution >= 4 is 5.69 Å². The van der Waals surface area contributed by atoms with E-state index < -0.39 is 0 Å². The lowest BCUT2D eigenvalue weighted by Gasteiger charge is -2.18. The van der Waals surface area contributed by atoms with Gasteiger partial charge in [0.15, 0.2) is 0 Å². The Morgan fingerprint density at radius 2 is 2.13 bits per heavy atom. The Bertz CT molecular complexity index is 329. The van der Waals surface area contributed by atoms with Crippen LogP contribution in [0.2, 0.25) is 0 Å². The van der Waals surface area contributed by atoms with E-state index in [4.69, 9.17) is 4.74 Å². The highest BCUT2D eigenvalue weighted by Crippen LogP contribution is 2.24. The molecule has 1 saturated heterocycles. The van der Waals surface area contributed by atoms with E-state index in [-0.39, 0.29) is 0 Å². The first-order valence-electron chi connectivity index (χ1n) is 5.49. The van der Waals surface area contributed by atoms with Gasteiger partial charge in [-0.3, -0.25) is 0 Å². The van der Waals surface area contributed by atoms with Gasteiger partial charge in [0.25, 0.3) is 0 Å². The van der Waals surface area contributed by atoms with E-state index in [0.717, 1.165) is 5.75 Å². The summed E-state index contributed by atoms with van der Waals surface area (Å²) in [6.45, 7) is 6.56. The zero-order valence-electron chi connectivity index (χ0n) is 8.98. The van der Waals surface area contributed by atoms with Gasteiger partial charge in [-0.2, -0.15) is 0 Å². The number of hydrogen-bond acceptors (Lipinski definition) is 2. The van der Waals surface area contributed by atoms with Crippen molar-refractivity contribution in [2.24, 2.45) is 0 Å². The van der Waals surface area contributed by atoms with Crippen LogP contribution in [0.3, 0.4) is 0 Å². The van der Waals surface area contributed by atoms with Gasteiger partial charge in [-0.15, -0.1) is 0 Å². The highest BCUT2D eigenvalue weighted by Gasteiger charge is 2.12. The van der Waals surface area contributed by atoms with Crippen molar-refractivity contribution in [1.29, 1.82) is 0 Å². The van der Waals surface area contributed by atoms with Crippen LogP contribution in [0.15, 0.2) is 36.9 Å². The molecule has 0 saturated carbocycles. The Labute approximate surface area is 91.2 Å². The van der Waals surface area contributed by atoms with Gasteiger partial charge in [0.05, 0.1) is 0 Å². The Hall–Kier alpha value is -1.44. The van der Waals surface area contributed by atoms with Gasteiger partial charge in [-0.25, -0.2) is 0 Å². The highest BCUT2D eigenvalue weighted by molar-refractivity contribution is 5.51. The fourth-order valence-electron chi connectivity index (χ4n) is 1.90. The summed E-state index contributed by atoms with van der Waals surface area (Å²) in [5.74, 6) is 0.930. The molecule has 0 N–H and O–H groups in total. The standard InChI is InChI=1S/C13H17NO/c1-2-10-15-13-7-5-6-12(11-13)14-8-3-4-9-14/h2,5-7,11H,1,3-4,8-10H2. The van der Waals surface area contributed by atoms with E-state index >= 15 is 0 Å². The number of benzene rings is 1. The molecular formula is C13H17NO. The average Bonchev–Trinajstić information content (AvgIpc) is 2.80. The summed E-state index contributed by atoms with van der Waals surface area (Å²) in [6.07, 6.45) is 4.37. The normalized spacial score (nSPS) is 15.3. The van der Waals surface area contributed by atoms with Crippen LogP contribution < -0.4 is 9.64 Å². The van der Waals surface area contributed by atoms with Crippen molar-refractivity contribution in [3.8, 4) is 5.75 Å². The third kappa shape index (κ3) is 2.52. The molecule has 0 radical (unpaired) electrons. The van der Waals surface area contributed by atoms with Crippen LogP contribution in [0.1, 0.15) is 12.8 Å². The Balaban J connectivity index is 2.07. The molecule has 0 spiro atoms. The van der Waals surface area contributed by atoms with Crippen molar-refractivity contribution in [3.05, 3.63) is 36.9 Å². The fraction of sp³-hybridized carbons (Fsp3) is 0.385. The summed E-state index contributed by atoms with van der Waals surface area (Å²) in [5, 5.41) is 0. The minimum atomic E-state index is 0.573. The maximum atomic E-state index is 5.51. The summed E-state index contributed by atoms with van der Waals surface area (Å²) >= 11 is 0. The molecule has 0 atom stereocenters. The topological polar surface area (TPSA) is 12.5 Å². The maximum absolute atomic E-state index is 5.51. The third-order valence-electron chi connectivity index (χ3n) is 2.66. The van der Waals surface area contributed by atoms with Crippen molar-refractivity contribution in [3.63, 3.8) is 0 Å². The first-order valence-corrected chi connectivity index (χ1v) is 5.49. The lowest BCUT2D eigenvalue weighted by Crippen LogP contribution is -2.17. The van der Waals surface area contributed by atoms with E-state index in [1.165, 1.54) is 31.6 Å². The van der Waals surface area contributed by atoms with Crippen LogP contribution in [0.25, 0.3) is 0 Å². The molecule has 2 nitrogen and oxygen atoms in total. The molecule has 0 amide bonds. The molecule has 2 rings (SSSR count). The largest absolute Gasteiger partial charge is 0.489 e. The molecule has 1 aromatic rings. The summed E-state index contributed by atoms with van der Waals surface area (Å²) in [6, 6.07) is 8.29. The van der Waals surface area contributed by atoms with Gasteiger partial charge in [-0.05, 0) is 25.0 Å². The van der Waals surface area contributed by atoms with Crippen molar-refractivity contribution < 1.29 is 4.74 Å². The molecule has 1 aliphatic rings. The van der Waals surface area contributed by atoms with E-state index in [9.17, 15) is 0 Å². The lowest BCUT2D eigenvalue weighted by atomic mass is 10.3. The van der Waals surface area contributed by atoms with Gasteiger partial charge in [-0.1, -0.05) is 18.7 Å². The molecule has 0 unspecified atom stereocenters. The highest BCUT2D eigenvalue weighted by atomic mass is 16.5. The summed E-state index contributed by atoms with van der Waals surface area (Å²) in [4.78, 5) is 2.40. The second-order valence-corrected chi connectivity index (χ2v) is 3.79. The van der Waals surface area contributed by atoms with Crippen LogP contribution in [0, 0.1) is 0 Å². The SMILES string of the molecule is C=CCOc1cccc(N2CCCC2)c1. The van der Waals surface area contributed by atoms with Crippen LogP contribution in [0.5, 0.6) is 5.75 Å². The number of anilines is 1. The zero-order valence-corrected chi connectivity index (χ0v) is 8.98. The molecule has 1 fully saturated rings. The van der Waals surface area contributed by atoms with Gasteiger partial charge in [0, 0.05) is 24.8 Å². The molecule has 1 aliphatic heterocycles.